The van der Waals surface area contributed by atoms with E-state index in [0.717, 1.165) is 37.2 Å². The van der Waals surface area contributed by atoms with Crippen LogP contribution in [0.2, 0.25) is 0 Å². The van der Waals surface area contributed by atoms with Gasteiger partial charge in [-0.3, -0.25) is 0 Å². The predicted octanol–water partition coefficient (Wildman–Crippen LogP) is 4.37. The number of nitrogens with zero attached hydrogens (tertiary/aromatic N) is 4. The minimum atomic E-state index is 0.130. The molecular weight excluding hydrogens is 296 g/mol. The van der Waals surface area contributed by atoms with Crippen LogP contribution in [0.5, 0.6) is 0 Å². The minimum Gasteiger partial charge on any atom is -0.310 e. The van der Waals surface area contributed by atoms with Crippen LogP contribution in [0.4, 0.5) is 0 Å². The molecule has 124 valence electrons. The molecule has 0 atom stereocenters. The molecule has 0 N–H and O–H groups in total. The summed E-state index contributed by atoms with van der Waals surface area (Å²) in [6.07, 6.45) is 6.35. The first kappa shape index (κ1) is 16.4. The number of fused-ring (bicyclic) bond motifs is 1. The summed E-state index contributed by atoms with van der Waals surface area (Å²) in [6, 6.07) is 10.7. The summed E-state index contributed by atoms with van der Waals surface area (Å²) < 4.78 is 2.12. The summed E-state index contributed by atoms with van der Waals surface area (Å²) in [6.45, 7) is 7.50. The summed E-state index contributed by atoms with van der Waals surface area (Å²) in [7, 11) is 0. The molecular formula is C20H24N4. The number of allylic oxidation sites excluding steroid dienone is 1. The van der Waals surface area contributed by atoms with E-state index in [-0.39, 0.29) is 5.41 Å². The van der Waals surface area contributed by atoms with Crippen molar-refractivity contribution < 1.29 is 0 Å². The molecule has 1 aliphatic rings. The maximum Gasteiger partial charge on any atom is 0.174 e. The van der Waals surface area contributed by atoms with Crippen molar-refractivity contribution in [2.24, 2.45) is 0 Å². The first-order valence-electron chi connectivity index (χ1n) is 8.64. The van der Waals surface area contributed by atoms with Gasteiger partial charge in [0.2, 0.25) is 0 Å². The van der Waals surface area contributed by atoms with Crippen LogP contribution in [0.25, 0.3) is 11.6 Å². The van der Waals surface area contributed by atoms with Crippen LogP contribution < -0.4 is 0 Å². The lowest BCUT2D eigenvalue weighted by molar-refractivity contribution is 0.590. The van der Waals surface area contributed by atoms with E-state index in [1.54, 1.807) is 0 Å². The molecule has 0 amide bonds. The normalized spacial score (nSPS) is 15.5. The van der Waals surface area contributed by atoms with Crippen molar-refractivity contribution in [3.8, 4) is 6.07 Å². The van der Waals surface area contributed by atoms with E-state index in [1.807, 2.05) is 6.08 Å². The third kappa shape index (κ3) is 3.41. The largest absolute Gasteiger partial charge is 0.310 e. The van der Waals surface area contributed by atoms with E-state index >= 15 is 0 Å². The maximum atomic E-state index is 9.62. The van der Waals surface area contributed by atoms with Crippen molar-refractivity contribution in [2.45, 2.75) is 58.4 Å². The molecule has 0 fully saturated rings. The fourth-order valence-corrected chi connectivity index (χ4v) is 3.08. The van der Waals surface area contributed by atoms with Crippen molar-refractivity contribution in [3.05, 3.63) is 47.0 Å². The first-order valence-corrected chi connectivity index (χ1v) is 8.64. The lowest BCUT2D eigenvalue weighted by atomic mass is 9.86. The van der Waals surface area contributed by atoms with Crippen LogP contribution >= 0.6 is 0 Å². The van der Waals surface area contributed by atoms with Crippen LogP contribution in [-0.4, -0.2) is 14.8 Å². The van der Waals surface area contributed by atoms with Crippen LogP contribution in [-0.2, 0) is 18.4 Å². The second-order valence-electron chi connectivity index (χ2n) is 7.44. The molecule has 4 heteroatoms. The van der Waals surface area contributed by atoms with E-state index in [0.29, 0.717) is 11.4 Å². The van der Waals surface area contributed by atoms with Crippen LogP contribution in [0.3, 0.4) is 0 Å². The summed E-state index contributed by atoms with van der Waals surface area (Å²) in [5.41, 5.74) is 3.02. The number of rotatable bonds is 2. The van der Waals surface area contributed by atoms with Gasteiger partial charge in [-0.05, 0) is 35.5 Å². The highest BCUT2D eigenvalue weighted by Crippen LogP contribution is 2.24. The number of hydrogen-bond donors (Lipinski definition) is 0. The monoisotopic (exact) mass is 320 g/mol. The van der Waals surface area contributed by atoms with Gasteiger partial charge in [-0.25, -0.2) is 0 Å². The molecule has 0 saturated heterocycles. The molecule has 0 unspecified atom stereocenters. The standard InChI is InChI=1S/C20H24N4/c1-20(2,3)17-10-8-15(9-11-17)13-16(14-21)19-23-22-18-7-5-4-6-12-24(18)19/h8-11,13H,4-7,12H2,1-3H3. The molecule has 1 aromatic heterocycles. The fraction of sp³-hybridized carbons (Fsp3) is 0.450. The molecule has 2 heterocycles. The Kier molecular flexibility index (Phi) is 4.53. The van der Waals surface area contributed by atoms with Gasteiger partial charge >= 0.3 is 0 Å². The molecule has 0 bridgehead atoms. The van der Waals surface area contributed by atoms with E-state index in [1.165, 1.54) is 12.0 Å². The van der Waals surface area contributed by atoms with E-state index < -0.39 is 0 Å². The number of aromatic nitrogens is 3. The van der Waals surface area contributed by atoms with Gasteiger partial charge in [0.15, 0.2) is 5.82 Å². The molecule has 0 radical (unpaired) electrons. The Labute approximate surface area is 143 Å². The quantitative estimate of drug-likeness (QED) is 0.772. The minimum absolute atomic E-state index is 0.130. The van der Waals surface area contributed by atoms with Crippen molar-refractivity contribution in [1.82, 2.24) is 14.8 Å². The van der Waals surface area contributed by atoms with Crippen LogP contribution in [0.15, 0.2) is 24.3 Å². The molecule has 3 rings (SSSR count). The summed E-state index contributed by atoms with van der Waals surface area (Å²) in [4.78, 5) is 0. The Hall–Kier alpha value is -2.41. The smallest absolute Gasteiger partial charge is 0.174 e. The maximum absolute atomic E-state index is 9.62. The molecule has 0 spiro atoms. The lowest BCUT2D eigenvalue weighted by Crippen LogP contribution is -2.10. The highest BCUT2D eigenvalue weighted by atomic mass is 15.3. The zero-order valence-corrected chi connectivity index (χ0v) is 14.7. The molecule has 1 aromatic carbocycles. The van der Waals surface area contributed by atoms with Gasteiger partial charge in [0.25, 0.3) is 0 Å². The topological polar surface area (TPSA) is 54.5 Å². The van der Waals surface area contributed by atoms with Gasteiger partial charge in [-0.1, -0.05) is 51.5 Å². The summed E-state index contributed by atoms with van der Waals surface area (Å²) >= 11 is 0. The van der Waals surface area contributed by atoms with Crippen molar-refractivity contribution in [1.29, 1.82) is 5.26 Å². The fourth-order valence-electron chi connectivity index (χ4n) is 3.08. The Bertz CT molecular complexity index is 783. The number of aryl methyl sites for hydroxylation is 1. The molecule has 0 saturated carbocycles. The lowest BCUT2D eigenvalue weighted by Gasteiger charge is -2.18. The van der Waals surface area contributed by atoms with Gasteiger partial charge in [0, 0.05) is 13.0 Å². The molecule has 4 nitrogen and oxygen atoms in total. The summed E-state index contributed by atoms with van der Waals surface area (Å²) in [5, 5.41) is 18.2. The Morgan fingerprint density at radius 2 is 1.88 bits per heavy atom. The third-order valence-corrected chi connectivity index (χ3v) is 4.56. The van der Waals surface area contributed by atoms with Gasteiger partial charge in [0.1, 0.15) is 11.9 Å². The Balaban J connectivity index is 1.93. The molecule has 2 aromatic rings. The predicted molar refractivity (Wildman–Crippen MR) is 96.2 cm³/mol. The first-order chi connectivity index (χ1) is 11.5. The number of nitriles is 1. The number of hydrogen-bond acceptors (Lipinski definition) is 3. The van der Waals surface area contributed by atoms with Gasteiger partial charge in [-0.2, -0.15) is 5.26 Å². The van der Waals surface area contributed by atoms with E-state index in [4.69, 9.17) is 0 Å². The van der Waals surface area contributed by atoms with Crippen LogP contribution in [0, 0.1) is 11.3 Å². The van der Waals surface area contributed by atoms with E-state index in [9.17, 15) is 5.26 Å². The van der Waals surface area contributed by atoms with Crippen molar-refractivity contribution in [2.75, 3.05) is 0 Å². The van der Waals surface area contributed by atoms with E-state index in [2.05, 4.69) is 65.9 Å². The molecule has 24 heavy (non-hydrogen) atoms. The van der Waals surface area contributed by atoms with Gasteiger partial charge < -0.3 is 4.57 Å². The SMILES string of the molecule is CC(C)(C)c1ccc(C=C(C#N)c2nnc3n2CCCCC3)cc1. The average Bonchev–Trinajstić information content (AvgIpc) is 2.80. The highest BCUT2D eigenvalue weighted by Gasteiger charge is 2.18. The molecule has 0 aliphatic carbocycles. The average molecular weight is 320 g/mol. The highest BCUT2D eigenvalue weighted by molar-refractivity contribution is 5.87. The third-order valence-electron chi connectivity index (χ3n) is 4.56. The Morgan fingerprint density at radius 1 is 1.12 bits per heavy atom. The van der Waals surface area contributed by atoms with Crippen molar-refractivity contribution >= 4 is 11.6 Å². The number of benzene rings is 1. The zero-order valence-electron chi connectivity index (χ0n) is 14.7. The van der Waals surface area contributed by atoms with Crippen molar-refractivity contribution in [3.63, 3.8) is 0 Å². The second kappa shape index (κ2) is 6.60. The Morgan fingerprint density at radius 3 is 2.54 bits per heavy atom. The van der Waals surface area contributed by atoms with Gasteiger partial charge in [0.05, 0.1) is 5.57 Å². The second-order valence-corrected chi connectivity index (χ2v) is 7.44. The zero-order chi connectivity index (χ0) is 17.2. The summed E-state index contributed by atoms with van der Waals surface area (Å²) in [5.74, 6) is 1.71. The molecule has 1 aliphatic heterocycles. The van der Waals surface area contributed by atoms with Gasteiger partial charge in [-0.15, -0.1) is 10.2 Å². The van der Waals surface area contributed by atoms with Crippen LogP contribution in [0.1, 0.15) is 62.8 Å².